The zero-order chi connectivity index (χ0) is 14.1. The predicted molar refractivity (Wildman–Crippen MR) is 85.3 cm³/mol. The number of halogens is 3. The first-order valence-corrected chi connectivity index (χ1v) is 7.25. The standard InChI is InChI=1S/C14H13Cl2N3O.ClH/c15-7-12(20)19-5-4-11-13(18-8-17-11)14(19)9-2-1-3-10(16)6-9;/h1-3,6,8,14H,4-5,7H2,(H,17,18);1H. The Morgan fingerprint density at radius 2 is 2.29 bits per heavy atom. The number of aromatic amines is 1. The maximum atomic E-state index is 12.1. The normalized spacial score (nSPS) is 17.0. The number of rotatable bonds is 2. The largest absolute Gasteiger partial charge is 0.348 e. The summed E-state index contributed by atoms with van der Waals surface area (Å²) in [5, 5.41) is 0.642. The lowest BCUT2D eigenvalue weighted by Crippen LogP contribution is -2.41. The highest BCUT2D eigenvalue weighted by Gasteiger charge is 2.33. The third-order valence-electron chi connectivity index (χ3n) is 3.52. The van der Waals surface area contributed by atoms with Crippen LogP contribution >= 0.6 is 35.6 Å². The molecule has 7 heteroatoms. The van der Waals surface area contributed by atoms with Crippen LogP contribution in [0, 0.1) is 0 Å². The van der Waals surface area contributed by atoms with Gasteiger partial charge < -0.3 is 9.88 Å². The molecule has 3 rings (SSSR count). The molecule has 0 fully saturated rings. The summed E-state index contributed by atoms with van der Waals surface area (Å²) in [5.41, 5.74) is 2.88. The number of aromatic nitrogens is 2. The van der Waals surface area contributed by atoms with E-state index in [0.29, 0.717) is 11.6 Å². The molecule has 0 saturated heterocycles. The van der Waals surface area contributed by atoms with Crippen LogP contribution in [0.25, 0.3) is 0 Å². The van der Waals surface area contributed by atoms with Crippen molar-refractivity contribution in [3.63, 3.8) is 0 Å². The van der Waals surface area contributed by atoms with Gasteiger partial charge in [-0.05, 0) is 17.7 Å². The van der Waals surface area contributed by atoms with Crippen molar-refractivity contribution in [1.29, 1.82) is 0 Å². The van der Waals surface area contributed by atoms with Crippen LogP contribution in [0.2, 0.25) is 5.02 Å². The molecule has 4 nitrogen and oxygen atoms in total. The first-order chi connectivity index (χ1) is 9.70. The molecule has 0 bridgehead atoms. The van der Waals surface area contributed by atoms with Gasteiger partial charge in [-0.3, -0.25) is 4.79 Å². The minimum Gasteiger partial charge on any atom is -0.348 e. The van der Waals surface area contributed by atoms with Crippen molar-refractivity contribution >= 4 is 41.5 Å². The molecule has 1 amide bonds. The van der Waals surface area contributed by atoms with Crippen LogP contribution in [-0.4, -0.2) is 33.2 Å². The Hall–Kier alpha value is -1.23. The molecule has 0 spiro atoms. The average Bonchev–Trinajstić information content (AvgIpc) is 2.93. The third-order valence-corrected chi connectivity index (χ3v) is 3.99. The minimum atomic E-state index is -0.227. The summed E-state index contributed by atoms with van der Waals surface area (Å²) in [4.78, 5) is 21.4. The summed E-state index contributed by atoms with van der Waals surface area (Å²) in [6, 6.07) is 7.28. The zero-order valence-corrected chi connectivity index (χ0v) is 13.4. The average molecular weight is 347 g/mol. The fraction of sp³-hybridized carbons (Fsp3) is 0.286. The van der Waals surface area contributed by atoms with Crippen molar-refractivity contribution < 1.29 is 4.79 Å². The van der Waals surface area contributed by atoms with Gasteiger partial charge in [0.2, 0.25) is 5.91 Å². The maximum absolute atomic E-state index is 12.1. The number of hydrogen-bond acceptors (Lipinski definition) is 2. The number of carbonyl (C=O) groups is 1. The highest BCUT2D eigenvalue weighted by molar-refractivity contribution is 6.30. The van der Waals surface area contributed by atoms with Gasteiger partial charge in [0, 0.05) is 23.7 Å². The molecule has 0 radical (unpaired) electrons. The van der Waals surface area contributed by atoms with Gasteiger partial charge in [-0.15, -0.1) is 24.0 Å². The van der Waals surface area contributed by atoms with Gasteiger partial charge in [0.25, 0.3) is 0 Å². The van der Waals surface area contributed by atoms with E-state index in [1.807, 2.05) is 24.3 Å². The van der Waals surface area contributed by atoms with Crippen LogP contribution in [0.1, 0.15) is 23.0 Å². The van der Waals surface area contributed by atoms with E-state index in [2.05, 4.69) is 9.97 Å². The molecule has 1 aliphatic rings. The number of H-pyrrole nitrogens is 1. The molecule has 1 aliphatic heterocycles. The van der Waals surface area contributed by atoms with E-state index in [-0.39, 0.29) is 30.2 Å². The fourth-order valence-electron chi connectivity index (χ4n) is 2.64. The van der Waals surface area contributed by atoms with Crippen molar-refractivity contribution in [2.45, 2.75) is 12.5 Å². The van der Waals surface area contributed by atoms with Gasteiger partial charge in [0.05, 0.1) is 12.0 Å². The first-order valence-electron chi connectivity index (χ1n) is 6.33. The lowest BCUT2D eigenvalue weighted by atomic mass is 9.95. The molecule has 1 atom stereocenters. The predicted octanol–water partition coefficient (Wildman–Crippen LogP) is 3.20. The molecule has 1 aromatic heterocycles. The number of hydrogen-bond donors (Lipinski definition) is 1. The van der Waals surface area contributed by atoms with Crippen molar-refractivity contribution in [3.8, 4) is 0 Å². The van der Waals surface area contributed by atoms with Gasteiger partial charge in [0.15, 0.2) is 0 Å². The molecule has 21 heavy (non-hydrogen) atoms. The first kappa shape index (κ1) is 16.1. The SMILES string of the molecule is Cl.O=C(CCl)N1CCc2[nH]cnc2C1c1cccc(Cl)c1. The van der Waals surface area contributed by atoms with E-state index in [9.17, 15) is 4.79 Å². The van der Waals surface area contributed by atoms with E-state index in [1.54, 1.807) is 11.2 Å². The molecular weight excluding hydrogens is 333 g/mol. The Balaban J connectivity index is 0.00000161. The second-order valence-electron chi connectivity index (χ2n) is 4.69. The van der Waals surface area contributed by atoms with Crippen molar-refractivity contribution in [2.24, 2.45) is 0 Å². The summed E-state index contributed by atoms with van der Waals surface area (Å²) < 4.78 is 0. The molecule has 1 aromatic carbocycles. The van der Waals surface area contributed by atoms with Gasteiger partial charge in [-0.25, -0.2) is 4.98 Å². The zero-order valence-electron chi connectivity index (χ0n) is 11.1. The van der Waals surface area contributed by atoms with Crippen LogP contribution < -0.4 is 0 Å². The number of nitrogens with zero attached hydrogens (tertiary/aromatic N) is 2. The Morgan fingerprint density at radius 1 is 1.48 bits per heavy atom. The number of amides is 1. The number of fused-ring (bicyclic) bond motifs is 1. The molecule has 0 saturated carbocycles. The van der Waals surface area contributed by atoms with Crippen LogP contribution in [0.3, 0.4) is 0 Å². The lowest BCUT2D eigenvalue weighted by Gasteiger charge is -2.35. The summed E-state index contributed by atoms with van der Waals surface area (Å²) in [6.07, 6.45) is 2.42. The number of nitrogens with one attached hydrogen (secondary N) is 1. The van der Waals surface area contributed by atoms with E-state index < -0.39 is 0 Å². The van der Waals surface area contributed by atoms with Crippen LogP contribution in [0.5, 0.6) is 0 Å². The highest BCUT2D eigenvalue weighted by atomic mass is 35.5. The lowest BCUT2D eigenvalue weighted by molar-refractivity contribution is -0.130. The van der Waals surface area contributed by atoms with Gasteiger partial charge >= 0.3 is 0 Å². The van der Waals surface area contributed by atoms with Crippen molar-refractivity contribution in [3.05, 3.63) is 52.6 Å². The molecule has 2 heterocycles. The van der Waals surface area contributed by atoms with Crippen LogP contribution in [0.4, 0.5) is 0 Å². The molecule has 0 aliphatic carbocycles. The monoisotopic (exact) mass is 345 g/mol. The Kier molecular flexibility index (Phi) is 5.14. The summed E-state index contributed by atoms with van der Waals surface area (Å²) in [7, 11) is 0. The van der Waals surface area contributed by atoms with Crippen molar-refractivity contribution in [2.75, 3.05) is 12.4 Å². The van der Waals surface area contributed by atoms with Gasteiger partial charge in [-0.2, -0.15) is 0 Å². The van der Waals surface area contributed by atoms with Gasteiger partial charge in [-0.1, -0.05) is 23.7 Å². The van der Waals surface area contributed by atoms with E-state index >= 15 is 0 Å². The topological polar surface area (TPSA) is 49.0 Å². The Bertz CT molecular complexity index is 644. The molecule has 1 N–H and O–H groups in total. The van der Waals surface area contributed by atoms with E-state index in [0.717, 1.165) is 23.4 Å². The number of imidazole rings is 1. The van der Waals surface area contributed by atoms with Crippen LogP contribution in [-0.2, 0) is 11.2 Å². The number of carbonyl (C=O) groups excluding carboxylic acids is 1. The smallest absolute Gasteiger partial charge is 0.238 e. The number of benzene rings is 1. The molecule has 112 valence electrons. The van der Waals surface area contributed by atoms with Crippen LogP contribution in [0.15, 0.2) is 30.6 Å². The highest BCUT2D eigenvalue weighted by Crippen LogP contribution is 2.34. The Labute approximate surface area is 138 Å². The maximum Gasteiger partial charge on any atom is 0.238 e. The second kappa shape index (κ2) is 6.69. The molecule has 1 unspecified atom stereocenters. The van der Waals surface area contributed by atoms with E-state index in [4.69, 9.17) is 23.2 Å². The fourth-order valence-corrected chi connectivity index (χ4v) is 2.99. The number of alkyl halides is 1. The minimum absolute atomic E-state index is 0. The molecular formula is C14H14Cl3N3O. The van der Waals surface area contributed by atoms with Crippen molar-refractivity contribution in [1.82, 2.24) is 14.9 Å². The second-order valence-corrected chi connectivity index (χ2v) is 5.40. The Morgan fingerprint density at radius 3 is 3.00 bits per heavy atom. The van der Waals surface area contributed by atoms with E-state index in [1.165, 1.54) is 0 Å². The molecule has 2 aromatic rings. The summed E-state index contributed by atoms with van der Waals surface area (Å²) >= 11 is 11.8. The third kappa shape index (κ3) is 3.03. The summed E-state index contributed by atoms with van der Waals surface area (Å²) in [5.74, 6) is -0.123. The summed E-state index contributed by atoms with van der Waals surface area (Å²) in [6.45, 7) is 0.623. The van der Waals surface area contributed by atoms with Gasteiger partial charge in [0.1, 0.15) is 11.9 Å². The quantitative estimate of drug-likeness (QED) is 0.849.